The fourth-order valence-corrected chi connectivity index (χ4v) is 3.23. The topological polar surface area (TPSA) is 0 Å². The van der Waals surface area contributed by atoms with E-state index in [0.717, 1.165) is 0 Å². The molecule has 1 rings (SSSR count). The average molecular weight is 329 g/mol. The van der Waals surface area contributed by atoms with Crippen LogP contribution in [0.15, 0.2) is 72.9 Å². The van der Waals surface area contributed by atoms with Gasteiger partial charge in [0, 0.05) is 5.41 Å². The van der Waals surface area contributed by atoms with Crippen LogP contribution in [0.2, 0.25) is 0 Å². The maximum absolute atomic E-state index is 4.06. The number of hydrogen-bond donors (Lipinski definition) is 0. The van der Waals surface area contributed by atoms with Crippen LogP contribution in [0.1, 0.15) is 73.6 Å². The first-order valence-corrected chi connectivity index (χ1v) is 9.67. The van der Waals surface area contributed by atoms with Crippen LogP contribution in [0.5, 0.6) is 0 Å². The summed E-state index contributed by atoms with van der Waals surface area (Å²) in [5.41, 5.74) is 2.87. The maximum Gasteiger partial charge on any atom is 0.0199 e. The van der Waals surface area contributed by atoms with Gasteiger partial charge < -0.3 is 0 Å². The van der Waals surface area contributed by atoms with E-state index in [4.69, 9.17) is 0 Å². The van der Waals surface area contributed by atoms with Crippen molar-refractivity contribution in [3.8, 4) is 0 Å². The molecule has 136 valence electrons. The quantitative estimate of drug-likeness (QED) is 0.429. The minimum atomic E-state index is 0.133. The summed E-state index contributed by atoms with van der Waals surface area (Å²) in [5, 5.41) is 0. The van der Waals surface area contributed by atoms with Crippen LogP contribution in [0, 0.1) is 5.41 Å². The van der Waals surface area contributed by atoms with E-state index >= 15 is 0 Å². The van der Waals surface area contributed by atoms with Crippen LogP contribution in [-0.4, -0.2) is 0 Å². The average Bonchev–Trinajstić information content (AvgIpc) is 2.67. The van der Waals surface area contributed by atoms with Gasteiger partial charge in [-0.15, -0.1) is 0 Å². The van der Waals surface area contributed by atoms with E-state index in [9.17, 15) is 0 Å². The summed E-state index contributed by atoms with van der Waals surface area (Å²) >= 11 is 0. The van der Waals surface area contributed by atoms with E-state index in [1.807, 2.05) is 45.9 Å². The Labute approximate surface area is 152 Å². The van der Waals surface area contributed by atoms with Crippen molar-refractivity contribution in [2.75, 3.05) is 0 Å². The highest BCUT2D eigenvalue weighted by Crippen LogP contribution is 2.49. The zero-order chi connectivity index (χ0) is 18.8. The van der Waals surface area contributed by atoms with Gasteiger partial charge in [0.2, 0.25) is 0 Å². The summed E-state index contributed by atoms with van der Waals surface area (Å²) in [6.45, 7) is 20.0. The molecule has 0 aromatic heterocycles. The molecule has 0 saturated heterocycles. The minimum Gasteiger partial charge on any atom is -0.0991 e. The Morgan fingerprint density at radius 1 is 0.833 bits per heavy atom. The Morgan fingerprint density at radius 2 is 1.42 bits per heavy atom. The molecular formula is C24H40. The van der Waals surface area contributed by atoms with Gasteiger partial charge in [-0.05, 0) is 37.8 Å². The standard InChI is InChI=1S/C20H28.2C2H6/c1-5-9-14-18(7-3)20(16-12-11-13-17-20)19(8-4)15-10-6-2;2*1-2/h5-10,14-15H,1,4,11-13,16-17H2,2-3H3;2*1-2H3/b10-6-,14-9-,18-7+,19-15+;;. The van der Waals surface area contributed by atoms with Crippen molar-refractivity contribution in [1.82, 2.24) is 0 Å². The van der Waals surface area contributed by atoms with Crippen LogP contribution < -0.4 is 0 Å². The van der Waals surface area contributed by atoms with Gasteiger partial charge in [-0.2, -0.15) is 0 Å². The molecule has 0 N–H and O–H groups in total. The monoisotopic (exact) mass is 328 g/mol. The Bertz CT molecular complexity index is 435. The van der Waals surface area contributed by atoms with Gasteiger partial charge in [0.15, 0.2) is 0 Å². The minimum absolute atomic E-state index is 0.133. The molecule has 1 fully saturated rings. The van der Waals surface area contributed by atoms with Gasteiger partial charge in [0.1, 0.15) is 0 Å². The van der Waals surface area contributed by atoms with Crippen LogP contribution in [0.3, 0.4) is 0 Å². The van der Waals surface area contributed by atoms with E-state index in [-0.39, 0.29) is 5.41 Å². The highest BCUT2D eigenvalue weighted by Gasteiger charge is 2.36. The number of hydrogen-bond acceptors (Lipinski definition) is 0. The second-order valence-corrected chi connectivity index (χ2v) is 5.33. The summed E-state index contributed by atoms with van der Waals surface area (Å²) in [6.07, 6.45) is 23.2. The molecule has 1 saturated carbocycles. The van der Waals surface area contributed by atoms with Gasteiger partial charge in [-0.3, -0.25) is 0 Å². The zero-order valence-electron chi connectivity index (χ0n) is 17.1. The molecule has 0 aliphatic heterocycles. The van der Waals surface area contributed by atoms with Crippen molar-refractivity contribution in [2.24, 2.45) is 5.41 Å². The summed E-state index contributed by atoms with van der Waals surface area (Å²) in [7, 11) is 0. The second kappa shape index (κ2) is 16.3. The Hall–Kier alpha value is -1.56. The molecule has 0 atom stereocenters. The fraction of sp³-hybridized carbons (Fsp3) is 0.500. The van der Waals surface area contributed by atoms with Gasteiger partial charge in [-0.1, -0.05) is 109 Å². The van der Waals surface area contributed by atoms with Crippen molar-refractivity contribution in [1.29, 1.82) is 0 Å². The van der Waals surface area contributed by atoms with Crippen LogP contribution in [0.4, 0.5) is 0 Å². The molecule has 0 spiro atoms. The molecule has 0 heteroatoms. The first-order valence-electron chi connectivity index (χ1n) is 9.67. The second-order valence-electron chi connectivity index (χ2n) is 5.33. The largest absolute Gasteiger partial charge is 0.0991 e. The lowest BCUT2D eigenvalue weighted by Crippen LogP contribution is -2.27. The van der Waals surface area contributed by atoms with Crippen molar-refractivity contribution in [3.05, 3.63) is 72.9 Å². The van der Waals surface area contributed by atoms with E-state index in [2.05, 4.69) is 57.4 Å². The van der Waals surface area contributed by atoms with E-state index < -0.39 is 0 Å². The zero-order valence-corrected chi connectivity index (χ0v) is 17.1. The molecule has 0 radical (unpaired) electrons. The number of rotatable bonds is 6. The first-order chi connectivity index (χ1) is 11.7. The molecule has 1 aliphatic carbocycles. The lowest BCUT2D eigenvalue weighted by atomic mass is 9.64. The van der Waals surface area contributed by atoms with Crippen molar-refractivity contribution < 1.29 is 0 Å². The molecular weight excluding hydrogens is 288 g/mol. The third-order valence-electron chi connectivity index (χ3n) is 4.22. The van der Waals surface area contributed by atoms with Crippen LogP contribution in [0.25, 0.3) is 0 Å². The van der Waals surface area contributed by atoms with E-state index in [1.54, 1.807) is 0 Å². The summed E-state index contributed by atoms with van der Waals surface area (Å²) in [6, 6.07) is 0. The summed E-state index contributed by atoms with van der Waals surface area (Å²) < 4.78 is 0. The SMILES string of the molecule is C=C/C=C\C(=C/C)C1(/C(C=C)=C/C=C\C)CCCCC1.CC.CC. The van der Waals surface area contributed by atoms with Gasteiger partial charge in [0.05, 0.1) is 0 Å². The lowest BCUT2D eigenvalue weighted by Gasteiger charge is -2.40. The number of allylic oxidation sites excluding steroid dienone is 10. The fourth-order valence-electron chi connectivity index (χ4n) is 3.23. The third-order valence-corrected chi connectivity index (χ3v) is 4.22. The Morgan fingerprint density at radius 3 is 1.83 bits per heavy atom. The predicted octanol–water partition coefficient (Wildman–Crippen LogP) is 8.37. The molecule has 0 aromatic rings. The predicted molar refractivity (Wildman–Crippen MR) is 114 cm³/mol. The lowest BCUT2D eigenvalue weighted by molar-refractivity contribution is 0.300. The van der Waals surface area contributed by atoms with Crippen LogP contribution >= 0.6 is 0 Å². The molecule has 0 amide bonds. The van der Waals surface area contributed by atoms with Gasteiger partial charge in [-0.25, -0.2) is 0 Å². The maximum atomic E-state index is 4.06. The smallest absolute Gasteiger partial charge is 0.0199 e. The highest BCUT2D eigenvalue weighted by atomic mass is 14.4. The van der Waals surface area contributed by atoms with Crippen molar-refractivity contribution in [2.45, 2.75) is 73.6 Å². The van der Waals surface area contributed by atoms with Crippen molar-refractivity contribution in [3.63, 3.8) is 0 Å². The first kappa shape index (κ1) is 24.7. The molecule has 0 unspecified atom stereocenters. The molecule has 0 bridgehead atoms. The highest BCUT2D eigenvalue weighted by molar-refractivity contribution is 5.43. The molecule has 24 heavy (non-hydrogen) atoms. The molecule has 0 heterocycles. The van der Waals surface area contributed by atoms with Gasteiger partial charge >= 0.3 is 0 Å². The normalized spacial score (nSPS) is 17.6. The third kappa shape index (κ3) is 7.34. The van der Waals surface area contributed by atoms with Crippen molar-refractivity contribution >= 4 is 0 Å². The summed E-state index contributed by atoms with van der Waals surface area (Å²) in [4.78, 5) is 0. The molecule has 0 aromatic carbocycles. The summed E-state index contributed by atoms with van der Waals surface area (Å²) in [5.74, 6) is 0. The Kier molecular flexibility index (Phi) is 16.8. The van der Waals surface area contributed by atoms with Crippen LogP contribution in [-0.2, 0) is 0 Å². The molecule has 0 nitrogen and oxygen atoms in total. The van der Waals surface area contributed by atoms with Gasteiger partial charge in [0.25, 0.3) is 0 Å². The Balaban J connectivity index is 0. The van der Waals surface area contributed by atoms with E-state index in [0.29, 0.717) is 0 Å². The molecule has 1 aliphatic rings. The van der Waals surface area contributed by atoms with E-state index in [1.165, 1.54) is 43.3 Å².